The molecule has 0 aromatic carbocycles. The van der Waals surface area contributed by atoms with Gasteiger partial charge in [-0.25, -0.2) is 4.98 Å². The van der Waals surface area contributed by atoms with E-state index in [0.717, 1.165) is 38.0 Å². The van der Waals surface area contributed by atoms with Gasteiger partial charge in [-0.1, -0.05) is 17.7 Å². The molecule has 0 saturated carbocycles. The molecule has 0 spiro atoms. The maximum atomic E-state index is 6.01. The van der Waals surface area contributed by atoms with E-state index >= 15 is 0 Å². The molecule has 0 aliphatic carbocycles. The lowest BCUT2D eigenvalue weighted by Gasteiger charge is -2.30. The fraction of sp³-hybridized carbons (Fsp3) is 0.545. The monoisotopic (exact) mass is 225 g/mol. The molecule has 3 nitrogen and oxygen atoms in total. The second kappa shape index (κ2) is 4.92. The van der Waals surface area contributed by atoms with Crippen LogP contribution in [0.4, 0.5) is 0 Å². The first-order valence-electron chi connectivity index (χ1n) is 5.33. The van der Waals surface area contributed by atoms with Gasteiger partial charge in [0.15, 0.2) is 0 Å². The molecule has 82 valence electrons. The molecule has 1 aromatic heterocycles. The van der Waals surface area contributed by atoms with E-state index in [1.807, 2.05) is 12.1 Å². The van der Waals surface area contributed by atoms with Crippen molar-refractivity contribution < 1.29 is 0 Å². The van der Waals surface area contributed by atoms with Crippen molar-refractivity contribution in [3.05, 3.63) is 29.0 Å². The first kappa shape index (κ1) is 10.9. The molecule has 2 N–H and O–H groups in total. The standard InChI is InChI=1S/C11H16ClN3/c12-11-9(2-1-5-14-11)8-15-6-3-10(13)4-7-15/h1-2,5,10H,3-4,6-8,13H2. The van der Waals surface area contributed by atoms with E-state index in [4.69, 9.17) is 17.3 Å². The predicted octanol–water partition coefficient (Wildman–Crippen LogP) is 1.66. The summed E-state index contributed by atoms with van der Waals surface area (Å²) >= 11 is 6.01. The van der Waals surface area contributed by atoms with Crippen molar-refractivity contribution in [1.29, 1.82) is 0 Å². The lowest BCUT2D eigenvalue weighted by atomic mass is 10.1. The molecule has 1 saturated heterocycles. The Bertz CT molecular complexity index is 321. The molecule has 2 heterocycles. The maximum absolute atomic E-state index is 6.01. The molecule has 1 aliphatic heterocycles. The molecule has 0 radical (unpaired) electrons. The Kier molecular flexibility index (Phi) is 3.57. The molecule has 1 fully saturated rings. The lowest BCUT2D eigenvalue weighted by molar-refractivity contribution is 0.205. The van der Waals surface area contributed by atoms with Crippen molar-refractivity contribution in [1.82, 2.24) is 9.88 Å². The number of likely N-dealkylation sites (tertiary alicyclic amines) is 1. The van der Waals surface area contributed by atoms with Gasteiger partial charge in [-0.15, -0.1) is 0 Å². The van der Waals surface area contributed by atoms with E-state index in [1.165, 1.54) is 0 Å². The molecular formula is C11H16ClN3. The van der Waals surface area contributed by atoms with Crippen LogP contribution in [0.2, 0.25) is 5.15 Å². The van der Waals surface area contributed by atoms with Gasteiger partial charge in [0.05, 0.1) is 0 Å². The zero-order valence-electron chi connectivity index (χ0n) is 8.69. The molecule has 0 bridgehead atoms. The summed E-state index contributed by atoms with van der Waals surface area (Å²) in [6.45, 7) is 3.01. The summed E-state index contributed by atoms with van der Waals surface area (Å²) < 4.78 is 0. The fourth-order valence-corrected chi connectivity index (χ4v) is 2.07. The first-order chi connectivity index (χ1) is 7.25. The number of hydrogen-bond acceptors (Lipinski definition) is 3. The van der Waals surface area contributed by atoms with Crippen molar-refractivity contribution in [2.24, 2.45) is 5.73 Å². The molecule has 1 aliphatic rings. The Hall–Kier alpha value is -0.640. The van der Waals surface area contributed by atoms with E-state index in [0.29, 0.717) is 11.2 Å². The normalized spacial score (nSPS) is 19.3. The van der Waals surface area contributed by atoms with Gasteiger partial charge in [0.1, 0.15) is 5.15 Å². The highest BCUT2D eigenvalue weighted by atomic mass is 35.5. The number of pyridine rings is 1. The Morgan fingerprint density at radius 1 is 1.47 bits per heavy atom. The quantitative estimate of drug-likeness (QED) is 0.779. The third kappa shape index (κ3) is 2.91. The zero-order valence-corrected chi connectivity index (χ0v) is 9.45. The number of nitrogens with two attached hydrogens (primary N) is 1. The van der Waals surface area contributed by atoms with Gasteiger partial charge in [-0.2, -0.15) is 0 Å². The number of rotatable bonds is 2. The van der Waals surface area contributed by atoms with Crippen molar-refractivity contribution in [2.75, 3.05) is 13.1 Å². The van der Waals surface area contributed by atoms with Crippen LogP contribution >= 0.6 is 11.6 Å². The summed E-state index contributed by atoms with van der Waals surface area (Å²) in [5.74, 6) is 0. The minimum Gasteiger partial charge on any atom is -0.328 e. The Balaban J connectivity index is 1.95. The second-order valence-electron chi connectivity index (χ2n) is 4.07. The van der Waals surface area contributed by atoms with Gasteiger partial charge in [0, 0.05) is 24.3 Å². The van der Waals surface area contributed by atoms with Gasteiger partial charge in [-0.3, -0.25) is 4.90 Å². The van der Waals surface area contributed by atoms with Crippen molar-refractivity contribution in [2.45, 2.75) is 25.4 Å². The van der Waals surface area contributed by atoms with E-state index < -0.39 is 0 Å². The summed E-state index contributed by atoms with van der Waals surface area (Å²) in [4.78, 5) is 6.45. The zero-order chi connectivity index (χ0) is 10.7. The van der Waals surface area contributed by atoms with Crippen LogP contribution in [0.3, 0.4) is 0 Å². The summed E-state index contributed by atoms with van der Waals surface area (Å²) in [6, 6.07) is 4.34. The molecule has 4 heteroatoms. The van der Waals surface area contributed by atoms with E-state index in [9.17, 15) is 0 Å². The van der Waals surface area contributed by atoms with Gasteiger partial charge in [0.2, 0.25) is 0 Å². The van der Waals surface area contributed by atoms with Gasteiger partial charge < -0.3 is 5.73 Å². The summed E-state index contributed by atoms with van der Waals surface area (Å²) in [7, 11) is 0. The van der Waals surface area contributed by atoms with Crippen molar-refractivity contribution in [3.8, 4) is 0 Å². The van der Waals surface area contributed by atoms with Crippen LogP contribution in [0, 0.1) is 0 Å². The van der Waals surface area contributed by atoms with Gasteiger partial charge in [0.25, 0.3) is 0 Å². The minimum atomic E-state index is 0.380. The largest absolute Gasteiger partial charge is 0.328 e. The van der Waals surface area contributed by atoms with E-state index in [2.05, 4.69) is 9.88 Å². The van der Waals surface area contributed by atoms with E-state index in [1.54, 1.807) is 6.20 Å². The van der Waals surface area contributed by atoms with Crippen LogP contribution < -0.4 is 5.73 Å². The molecule has 2 rings (SSSR count). The topological polar surface area (TPSA) is 42.1 Å². The Labute approximate surface area is 95.2 Å². The lowest BCUT2D eigenvalue weighted by Crippen LogP contribution is -2.39. The number of piperidine rings is 1. The SMILES string of the molecule is NC1CCN(Cc2cccnc2Cl)CC1. The van der Waals surface area contributed by atoms with Crippen LogP contribution in [0.15, 0.2) is 18.3 Å². The van der Waals surface area contributed by atoms with Crippen molar-refractivity contribution in [3.63, 3.8) is 0 Å². The number of aromatic nitrogens is 1. The number of halogens is 1. The molecule has 1 aromatic rings. The summed E-state index contributed by atoms with van der Waals surface area (Å²) in [5.41, 5.74) is 6.96. The average Bonchev–Trinajstić information content (AvgIpc) is 2.25. The second-order valence-corrected chi connectivity index (χ2v) is 4.42. The number of nitrogens with zero attached hydrogens (tertiary/aromatic N) is 2. The van der Waals surface area contributed by atoms with Crippen LogP contribution in [0.25, 0.3) is 0 Å². The van der Waals surface area contributed by atoms with Crippen LogP contribution in [0.5, 0.6) is 0 Å². The highest BCUT2D eigenvalue weighted by Gasteiger charge is 2.16. The smallest absolute Gasteiger partial charge is 0.133 e. The van der Waals surface area contributed by atoms with Gasteiger partial charge in [-0.05, 0) is 32.0 Å². The highest BCUT2D eigenvalue weighted by Crippen LogP contribution is 2.17. The Morgan fingerprint density at radius 3 is 2.87 bits per heavy atom. The van der Waals surface area contributed by atoms with Crippen molar-refractivity contribution >= 4 is 11.6 Å². The average molecular weight is 226 g/mol. The molecule has 15 heavy (non-hydrogen) atoms. The summed E-state index contributed by atoms with van der Waals surface area (Å²) in [5, 5.41) is 0.618. The maximum Gasteiger partial charge on any atom is 0.133 e. The molecule has 0 unspecified atom stereocenters. The van der Waals surface area contributed by atoms with Crippen LogP contribution in [-0.4, -0.2) is 29.0 Å². The molecule has 0 amide bonds. The number of hydrogen-bond donors (Lipinski definition) is 1. The fourth-order valence-electron chi connectivity index (χ4n) is 1.89. The first-order valence-corrected chi connectivity index (χ1v) is 5.71. The van der Waals surface area contributed by atoms with E-state index in [-0.39, 0.29) is 0 Å². The third-order valence-corrected chi connectivity index (χ3v) is 3.20. The third-order valence-electron chi connectivity index (χ3n) is 2.86. The van der Waals surface area contributed by atoms with Crippen LogP contribution in [0.1, 0.15) is 18.4 Å². The minimum absolute atomic E-state index is 0.380. The van der Waals surface area contributed by atoms with Gasteiger partial charge >= 0.3 is 0 Å². The van der Waals surface area contributed by atoms with Crippen LogP contribution in [-0.2, 0) is 6.54 Å². The highest BCUT2D eigenvalue weighted by molar-refractivity contribution is 6.30. The Morgan fingerprint density at radius 2 is 2.20 bits per heavy atom. The molecule has 0 atom stereocenters. The predicted molar refractivity (Wildman–Crippen MR) is 61.7 cm³/mol. The summed E-state index contributed by atoms with van der Waals surface area (Å²) in [6.07, 6.45) is 3.88. The molecular weight excluding hydrogens is 210 g/mol.